The number of aromatic nitrogens is 2. The maximum atomic E-state index is 11.1. The van der Waals surface area contributed by atoms with E-state index in [1.54, 1.807) is 6.92 Å². The number of hydrogen-bond donors (Lipinski definition) is 0. The summed E-state index contributed by atoms with van der Waals surface area (Å²) in [6.07, 6.45) is 2.37. The van der Waals surface area contributed by atoms with Crippen molar-refractivity contribution in [2.75, 3.05) is 0 Å². The van der Waals surface area contributed by atoms with E-state index in [2.05, 4.69) is 20.9 Å². The highest BCUT2D eigenvalue weighted by molar-refractivity contribution is 9.10. The number of carbonyl (C=O) groups is 1. The fraction of sp³-hybridized carbons (Fsp3) is 0.273. The molecule has 0 bridgehead atoms. The van der Waals surface area contributed by atoms with Crippen molar-refractivity contribution < 1.29 is 4.79 Å². The molecule has 0 fully saturated rings. The van der Waals surface area contributed by atoms with E-state index >= 15 is 0 Å². The van der Waals surface area contributed by atoms with Crippen LogP contribution in [0.25, 0.3) is 5.65 Å². The summed E-state index contributed by atoms with van der Waals surface area (Å²) in [4.78, 5) is 15.5. The number of imidazole rings is 1. The maximum Gasteiger partial charge on any atom is 0.137 e. The molecule has 0 atom stereocenters. The number of halogens is 1. The molecular formula is C11H11BrN2O. The van der Waals surface area contributed by atoms with Gasteiger partial charge in [-0.05, 0) is 41.9 Å². The highest BCUT2D eigenvalue weighted by atomic mass is 79.9. The molecule has 2 heterocycles. The Morgan fingerprint density at radius 2 is 2.27 bits per heavy atom. The van der Waals surface area contributed by atoms with E-state index in [4.69, 9.17) is 0 Å². The minimum atomic E-state index is 0.153. The van der Waals surface area contributed by atoms with E-state index < -0.39 is 0 Å². The monoisotopic (exact) mass is 266 g/mol. The summed E-state index contributed by atoms with van der Waals surface area (Å²) in [5.74, 6) is 0.153. The van der Waals surface area contributed by atoms with E-state index in [9.17, 15) is 4.79 Å². The Kier molecular flexibility index (Phi) is 2.61. The van der Waals surface area contributed by atoms with Gasteiger partial charge in [0, 0.05) is 17.1 Å². The second kappa shape index (κ2) is 3.77. The maximum absolute atomic E-state index is 11.1. The minimum Gasteiger partial charge on any atom is -0.302 e. The highest BCUT2D eigenvalue weighted by Crippen LogP contribution is 2.17. The molecule has 0 aliphatic carbocycles. The van der Waals surface area contributed by atoms with Gasteiger partial charge in [-0.25, -0.2) is 4.98 Å². The first-order valence-electron chi connectivity index (χ1n) is 4.70. The number of ketones is 1. The second-order valence-electron chi connectivity index (χ2n) is 3.60. The first-order valence-corrected chi connectivity index (χ1v) is 5.50. The van der Waals surface area contributed by atoms with Gasteiger partial charge in [-0.2, -0.15) is 0 Å². The Balaban J connectivity index is 2.65. The van der Waals surface area contributed by atoms with Gasteiger partial charge in [-0.15, -0.1) is 0 Å². The molecule has 78 valence electrons. The Hall–Kier alpha value is -1.16. The Morgan fingerprint density at radius 1 is 1.53 bits per heavy atom. The lowest BCUT2D eigenvalue weighted by molar-refractivity contribution is -0.116. The van der Waals surface area contributed by atoms with E-state index in [-0.39, 0.29) is 5.78 Å². The Bertz CT molecular complexity index is 531. The first-order chi connectivity index (χ1) is 7.08. The van der Waals surface area contributed by atoms with Crippen molar-refractivity contribution in [2.24, 2.45) is 0 Å². The Labute approximate surface area is 96.3 Å². The van der Waals surface area contributed by atoms with Crippen LogP contribution < -0.4 is 0 Å². The lowest BCUT2D eigenvalue weighted by Crippen LogP contribution is -2.01. The zero-order valence-corrected chi connectivity index (χ0v) is 10.2. The van der Waals surface area contributed by atoms with Gasteiger partial charge in [0.25, 0.3) is 0 Å². The summed E-state index contributed by atoms with van der Waals surface area (Å²) in [6.45, 7) is 3.52. The number of carbonyl (C=O) groups excluding carboxylic acids is 1. The quantitative estimate of drug-likeness (QED) is 0.838. The van der Waals surface area contributed by atoms with E-state index in [1.807, 2.05) is 29.7 Å². The molecule has 0 unspecified atom stereocenters. The third-order valence-electron chi connectivity index (χ3n) is 2.30. The molecule has 2 rings (SSSR count). The van der Waals surface area contributed by atoms with Crippen molar-refractivity contribution in [3.8, 4) is 0 Å². The molecule has 15 heavy (non-hydrogen) atoms. The van der Waals surface area contributed by atoms with Crippen LogP contribution in [0, 0.1) is 6.92 Å². The van der Waals surface area contributed by atoms with Crippen molar-refractivity contribution in [1.82, 2.24) is 9.38 Å². The predicted octanol–water partition coefficient (Wildman–Crippen LogP) is 2.54. The van der Waals surface area contributed by atoms with Crippen molar-refractivity contribution in [3.05, 3.63) is 34.2 Å². The zero-order chi connectivity index (χ0) is 11.0. The molecule has 2 aromatic heterocycles. The van der Waals surface area contributed by atoms with Gasteiger partial charge in [0.15, 0.2) is 0 Å². The number of fused-ring (bicyclic) bond motifs is 1. The fourth-order valence-corrected chi connectivity index (χ4v) is 1.97. The summed E-state index contributed by atoms with van der Waals surface area (Å²) in [7, 11) is 0. The summed E-state index contributed by atoms with van der Waals surface area (Å²) in [6, 6.07) is 3.88. The predicted molar refractivity (Wildman–Crippen MR) is 62.0 cm³/mol. The molecule has 0 radical (unpaired) electrons. The van der Waals surface area contributed by atoms with Crippen LogP contribution in [-0.4, -0.2) is 15.2 Å². The number of nitrogens with zero attached hydrogens (tertiary/aromatic N) is 2. The standard InChI is InChI=1S/C11H11BrN2O/c1-7(15)5-10-8(2)13-11-4-3-9(12)6-14(10)11/h3-4,6H,5H2,1-2H3. The molecule has 2 aromatic rings. The molecule has 0 saturated heterocycles. The third kappa shape index (κ3) is 1.95. The minimum absolute atomic E-state index is 0.153. The van der Waals surface area contributed by atoms with Crippen LogP contribution >= 0.6 is 15.9 Å². The van der Waals surface area contributed by atoms with Gasteiger partial charge in [0.1, 0.15) is 11.4 Å². The highest BCUT2D eigenvalue weighted by Gasteiger charge is 2.10. The van der Waals surface area contributed by atoms with Crippen LogP contribution in [0.5, 0.6) is 0 Å². The van der Waals surface area contributed by atoms with Gasteiger partial charge in [0.05, 0.1) is 11.4 Å². The van der Waals surface area contributed by atoms with Crippen molar-refractivity contribution in [1.29, 1.82) is 0 Å². The first kappa shape index (κ1) is 10.4. The number of pyridine rings is 1. The van der Waals surface area contributed by atoms with Crippen LogP contribution in [0.2, 0.25) is 0 Å². The van der Waals surface area contributed by atoms with Crippen LogP contribution in [-0.2, 0) is 11.2 Å². The number of Topliss-reactive ketones (excluding diaryl/α,β-unsaturated/α-hetero) is 1. The van der Waals surface area contributed by atoms with Gasteiger partial charge in [0.2, 0.25) is 0 Å². The molecule has 0 aromatic carbocycles. The molecule has 0 aliphatic heterocycles. The molecule has 0 N–H and O–H groups in total. The molecule has 0 aliphatic rings. The van der Waals surface area contributed by atoms with Gasteiger partial charge >= 0.3 is 0 Å². The van der Waals surface area contributed by atoms with E-state index in [0.717, 1.165) is 21.5 Å². The van der Waals surface area contributed by atoms with Crippen LogP contribution in [0.1, 0.15) is 18.3 Å². The van der Waals surface area contributed by atoms with Crippen molar-refractivity contribution in [3.63, 3.8) is 0 Å². The average Bonchev–Trinajstić information content (AvgIpc) is 2.43. The molecule has 0 amide bonds. The number of aryl methyl sites for hydroxylation is 1. The summed E-state index contributed by atoms with van der Waals surface area (Å²) < 4.78 is 2.94. The summed E-state index contributed by atoms with van der Waals surface area (Å²) >= 11 is 3.41. The van der Waals surface area contributed by atoms with Crippen molar-refractivity contribution in [2.45, 2.75) is 20.3 Å². The normalized spacial score (nSPS) is 10.9. The molecule has 0 spiro atoms. The largest absolute Gasteiger partial charge is 0.302 e. The average molecular weight is 267 g/mol. The third-order valence-corrected chi connectivity index (χ3v) is 2.77. The molecule has 0 saturated carbocycles. The molecular weight excluding hydrogens is 256 g/mol. The lowest BCUT2D eigenvalue weighted by Gasteiger charge is -2.00. The molecule has 4 heteroatoms. The zero-order valence-electron chi connectivity index (χ0n) is 8.62. The van der Waals surface area contributed by atoms with Gasteiger partial charge in [-0.3, -0.25) is 4.79 Å². The van der Waals surface area contributed by atoms with Crippen LogP contribution in [0.4, 0.5) is 0 Å². The fourth-order valence-electron chi connectivity index (χ4n) is 1.63. The number of hydrogen-bond acceptors (Lipinski definition) is 2. The van der Waals surface area contributed by atoms with E-state index in [0.29, 0.717) is 6.42 Å². The molecule has 3 nitrogen and oxygen atoms in total. The van der Waals surface area contributed by atoms with Crippen LogP contribution in [0.3, 0.4) is 0 Å². The second-order valence-corrected chi connectivity index (χ2v) is 4.51. The van der Waals surface area contributed by atoms with Crippen LogP contribution in [0.15, 0.2) is 22.8 Å². The van der Waals surface area contributed by atoms with E-state index in [1.165, 1.54) is 0 Å². The lowest BCUT2D eigenvalue weighted by atomic mass is 10.2. The summed E-state index contributed by atoms with van der Waals surface area (Å²) in [5, 5.41) is 0. The number of rotatable bonds is 2. The summed E-state index contributed by atoms with van der Waals surface area (Å²) in [5.41, 5.74) is 2.77. The topological polar surface area (TPSA) is 34.4 Å². The SMILES string of the molecule is CC(=O)Cc1c(C)nc2ccc(Br)cn12. The Morgan fingerprint density at radius 3 is 2.93 bits per heavy atom. The van der Waals surface area contributed by atoms with Crippen molar-refractivity contribution >= 4 is 27.4 Å². The smallest absolute Gasteiger partial charge is 0.137 e. The van der Waals surface area contributed by atoms with Gasteiger partial charge in [-0.1, -0.05) is 0 Å². The van der Waals surface area contributed by atoms with Gasteiger partial charge < -0.3 is 4.40 Å².